The van der Waals surface area contributed by atoms with Gasteiger partial charge in [-0.05, 0) is 31.4 Å². The molecule has 6 atom stereocenters. The molecule has 5 rings (SSSR count). The lowest BCUT2D eigenvalue weighted by atomic mass is 10.1. The molecule has 2 aromatic heterocycles. The fourth-order valence-corrected chi connectivity index (χ4v) is 5.56. The van der Waals surface area contributed by atoms with E-state index in [2.05, 4.69) is 52.1 Å². The summed E-state index contributed by atoms with van der Waals surface area (Å²) in [6.45, 7) is 5.64. The van der Waals surface area contributed by atoms with E-state index in [0.717, 1.165) is 25.1 Å². The van der Waals surface area contributed by atoms with Gasteiger partial charge >= 0.3 is 0 Å². The monoisotopic (exact) mass is 483 g/mol. The Bertz CT molecular complexity index is 1110. The number of nitrogens with zero attached hydrogens (tertiary/aromatic N) is 5. The summed E-state index contributed by atoms with van der Waals surface area (Å²) in [4.78, 5) is 9.55. The van der Waals surface area contributed by atoms with Gasteiger partial charge in [-0.25, -0.2) is 14.6 Å². The van der Waals surface area contributed by atoms with Gasteiger partial charge in [0.2, 0.25) is 0 Å². The van der Waals surface area contributed by atoms with Gasteiger partial charge in [0.15, 0.2) is 22.1 Å². The van der Waals surface area contributed by atoms with Crippen molar-refractivity contribution in [3.8, 4) is 0 Å². The Morgan fingerprint density at radius 1 is 1.09 bits per heavy atom. The molecule has 0 aliphatic heterocycles. The van der Waals surface area contributed by atoms with Crippen molar-refractivity contribution in [2.24, 2.45) is 5.92 Å². The second-order valence-corrected chi connectivity index (χ2v) is 10.3. The molecular formula is C24H33N7O2S. The van der Waals surface area contributed by atoms with Crippen molar-refractivity contribution in [1.82, 2.24) is 30.3 Å². The van der Waals surface area contributed by atoms with E-state index in [1.165, 1.54) is 5.56 Å². The Kier molecular flexibility index (Phi) is 7.01. The molecule has 10 heteroatoms. The zero-order valence-corrected chi connectivity index (χ0v) is 20.4. The van der Waals surface area contributed by atoms with Crippen LogP contribution in [0.5, 0.6) is 0 Å². The van der Waals surface area contributed by atoms with Crippen LogP contribution in [-0.2, 0) is 0 Å². The first-order valence-corrected chi connectivity index (χ1v) is 13.2. The molecule has 34 heavy (non-hydrogen) atoms. The van der Waals surface area contributed by atoms with Crippen molar-refractivity contribution in [2.45, 2.75) is 68.5 Å². The van der Waals surface area contributed by atoms with E-state index in [9.17, 15) is 10.2 Å². The van der Waals surface area contributed by atoms with Crippen LogP contribution in [0.1, 0.15) is 50.6 Å². The highest BCUT2D eigenvalue weighted by Gasteiger charge is 2.44. The van der Waals surface area contributed by atoms with Crippen LogP contribution >= 0.6 is 11.8 Å². The molecule has 9 nitrogen and oxygen atoms in total. The van der Waals surface area contributed by atoms with E-state index in [0.29, 0.717) is 41.0 Å². The number of anilines is 1. The van der Waals surface area contributed by atoms with E-state index < -0.39 is 12.2 Å². The molecule has 0 radical (unpaired) electrons. The Morgan fingerprint density at radius 2 is 1.91 bits per heavy atom. The molecule has 6 unspecified atom stereocenters. The SMILES string of the molecule is CCCSc1nc(NC2CC2c2ccccc2)c2nnn(C3CC(CNCC)C(O)C3O)c2n1. The summed E-state index contributed by atoms with van der Waals surface area (Å²) >= 11 is 1.61. The third-order valence-corrected chi connectivity index (χ3v) is 7.87. The van der Waals surface area contributed by atoms with E-state index >= 15 is 0 Å². The van der Waals surface area contributed by atoms with Gasteiger partial charge in [-0.1, -0.05) is 61.2 Å². The lowest BCUT2D eigenvalue weighted by molar-refractivity contribution is 0.00507. The molecule has 2 aliphatic carbocycles. The normalized spacial score (nSPS) is 28.5. The highest BCUT2D eigenvalue weighted by Crippen LogP contribution is 2.43. The largest absolute Gasteiger partial charge is 0.390 e. The zero-order chi connectivity index (χ0) is 23.7. The summed E-state index contributed by atoms with van der Waals surface area (Å²) in [5.74, 6) is 2.01. The number of aliphatic hydroxyl groups is 2. The Hall–Kier alpha value is -2.27. The summed E-state index contributed by atoms with van der Waals surface area (Å²) in [5.41, 5.74) is 2.54. The van der Waals surface area contributed by atoms with Gasteiger partial charge in [0.1, 0.15) is 6.10 Å². The molecule has 2 aliphatic rings. The zero-order valence-electron chi connectivity index (χ0n) is 19.6. The van der Waals surface area contributed by atoms with Crippen molar-refractivity contribution in [3.63, 3.8) is 0 Å². The van der Waals surface area contributed by atoms with Crippen LogP contribution in [0.15, 0.2) is 35.5 Å². The Morgan fingerprint density at radius 3 is 2.68 bits per heavy atom. The molecule has 2 heterocycles. The fraction of sp³-hybridized carbons (Fsp3) is 0.583. The van der Waals surface area contributed by atoms with Crippen LogP contribution < -0.4 is 10.6 Å². The van der Waals surface area contributed by atoms with E-state index in [-0.39, 0.29) is 18.0 Å². The first kappa shape index (κ1) is 23.5. The van der Waals surface area contributed by atoms with Crippen LogP contribution in [0, 0.1) is 5.92 Å². The van der Waals surface area contributed by atoms with Gasteiger partial charge in [0, 0.05) is 30.2 Å². The number of hydrogen-bond donors (Lipinski definition) is 4. The van der Waals surface area contributed by atoms with Crippen LogP contribution in [-0.4, -0.2) is 72.3 Å². The highest BCUT2D eigenvalue weighted by molar-refractivity contribution is 7.99. The molecular weight excluding hydrogens is 450 g/mol. The molecule has 0 spiro atoms. The number of rotatable bonds is 10. The number of hydrogen-bond acceptors (Lipinski definition) is 9. The minimum Gasteiger partial charge on any atom is -0.390 e. The molecule has 2 saturated carbocycles. The summed E-state index contributed by atoms with van der Waals surface area (Å²) in [6.07, 6.45) is 0.939. The fourth-order valence-electron chi connectivity index (χ4n) is 4.86. The maximum atomic E-state index is 10.8. The molecule has 182 valence electrons. The number of nitrogens with one attached hydrogen (secondary N) is 2. The van der Waals surface area contributed by atoms with Crippen LogP contribution in [0.4, 0.5) is 5.82 Å². The van der Waals surface area contributed by atoms with Gasteiger partial charge in [0.05, 0.1) is 12.1 Å². The Balaban J connectivity index is 1.43. The van der Waals surface area contributed by atoms with Crippen molar-refractivity contribution in [1.29, 1.82) is 0 Å². The van der Waals surface area contributed by atoms with Crippen LogP contribution in [0.25, 0.3) is 11.2 Å². The predicted molar refractivity (Wildman–Crippen MR) is 133 cm³/mol. The first-order valence-electron chi connectivity index (χ1n) is 12.2. The molecule has 0 bridgehead atoms. The molecule has 1 aromatic carbocycles. The predicted octanol–water partition coefficient (Wildman–Crippen LogP) is 2.58. The maximum absolute atomic E-state index is 10.8. The third kappa shape index (κ3) is 4.64. The standard InChI is InChI=1S/C24H33N7O2S/c1-3-10-34-24-27-22(26-17-12-16(17)14-8-6-5-7-9-14)19-23(28-24)31(30-29-19)18-11-15(13-25-4-2)20(32)21(18)33/h5-9,15-18,20-21,25,32-33H,3-4,10-13H2,1-2H3,(H,26,27,28). The summed E-state index contributed by atoms with van der Waals surface area (Å²) < 4.78 is 1.69. The number of fused-ring (bicyclic) bond motifs is 1. The average molecular weight is 484 g/mol. The van der Waals surface area contributed by atoms with Crippen molar-refractivity contribution >= 4 is 28.7 Å². The van der Waals surface area contributed by atoms with Crippen molar-refractivity contribution in [2.75, 3.05) is 24.2 Å². The van der Waals surface area contributed by atoms with Gasteiger partial charge in [-0.15, -0.1) is 5.10 Å². The number of benzene rings is 1. The van der Waals surface area contributed by atoms with Crippen LogP contribution in [0.3, 0.4) is 0 Å². The van der Waals surface area contributed by atoms with Gasteiger partial charge in [0.25, 0.3) is 0 Å². The van der Waals surface area contributed by atoms with Gasteiger partial charge in [-0.3, -0.25) is 0 Å². The minimum absolute atomic E-state index is 0.0503. The van der Waals surface area contributed by atoms with Crippen molar-refractivity contribution in [3.05, 3.63) is 35.9 Å². The summed E-state index contributed by atoms with van der Waals surface area (Å²) in [5, 5.41) is 37.8. The first-order chi connectivity index (χ1) is 16.6. The molecule has 0 saturated heterocycles. The van der Waals surface area contributed by atoms with E-state index in [1.807, 2.05) is 13.0 Å². The average Bonchev–Trinajstić information content (AvgIpc) is 3.41. The second kappa shape index (κ2) is 10.2. The number of aromatic nitrogens is 5. The quantitative estimate of drug-likeness (QED) is 0.255. The van der Waals surface area contributed by atoms with E-state index in [4.69, 9.17) is 9.97 Å². The third-order valence-electron chi connectivity index (χ3n) is 6.82. The molecule has 3 aromatic rings. The van der Waals surface area contributed by atoms with Gasteiger partial charge < -0.3 is 20.8 Å². The lowest BCUT2D eigenvalue weighted by Gasteiger charge is -2.17. The lowest BCUT2D eigenvalue weighted by Crippen LogP contribution is -2.33. The maximum Gasteiger partial charge on any atom is 0.191 e. The van der Waals surface area contributed by atoms with E-state index in [1.54, 1.807) is 16.4 Å². The smallest absolute Gasteiger partial charge is 0.191 e. The topological polar surface area (TPSA) is 121 Å². The molecule has 2 fully saturated rings. The second-order valence-electron chi connectivity index (χ2n) is 9.27. The summed E-state index contributed by atoms with van der Waals surface area (Å²) in [7, 11) is 0. The van der Waals surface area contributed by atoms with Gasteiger partial charge in [-0.2, -0.15) is 0 Å². The highest BCUT2D eigenvalue weighted by atomic mass is 32.2. The number of thioether (sulfide) groups is 1. The summed E-state index contributed by atoms with van der Waals surface area (Å²) in [6, 6.07) is 10.4. The van der Waals surface area contributed by atoms with Crippen LogP contribution in [0.2, 0.25) is 0 Å². The number of aliphatic hydroxyl groups excluding tert-OH is 2. The van der Waals surface area contributed by atoms with Crippen molar-refractivity contribution < 1.29 is 10.2 Å². The Labute approximate surface area is 203 Å². The molecule has 4 N–H and O–H groups in total. The molecule has 0 amide bonds. The minimum atomic E-state index is -0.919.